The molecule has 0 aliphatic carbocycles. The normalized spacial score (nSPS) is 21.3. The van der Waals surface area contributed by atoms with Gasteiger partial charge in [-0.1, -0.05) is 20.8 Å². The van der Waals surface area contributed by atoms with Crippen molar-refractivity contribution in [1.82, 2.24) is 4.90 Å². The van der Waals surface area contributed by atoms with Crippen molar-refractivity contribution in [3.8, 4) is 0 Å². The number of hydrogen-bond donors (Lipinski definition) is 0. The maximum absolute atomic E-state index is 11.6. The highest BCUT2D eigenvalue weighted by molar-refractivity contribution is 8.03. The summed E-state index contributed by atoms with van der Waals surface area (Å²) in [6, 6.07) is 0. The quantitative estimate of drug-likeness (QED) is 0.549. The van der Waals surface area contributed by atoms with Gasteiger partial charge in [0.15, 0.2) is 0 Å². The first-order valence-electron chi connectivity index (χ1n) is 5.02. The topological polar surface area (TPSA) is 46.6 Å². The molecule has 0 bridgehead atoms. The van der Waals surface area contributed by atoms with Crippen LogP contribution in [0.25, 0.3) is 0 Å². The molecular formula is C11H17NO3S. The zero-order valence-corrected chi connectivity index (χ0v) is 11.1. The van der Waals surface area contributed by atoms with E-state index in [1.165, 1.54) is 23.8 Å². The molecule has 0 radical (unpaired) electrons. The number of carbonyl (C=O) groups excluding carboxylic acids is 2. The Bertz CT molecular complexity index is 344. The molecule has 0 aromatic carbocycles. The van der Waals surface area contributed by atoms with Crippen molar-refractivity contribution in [2.75, 3.05) is 7.11 Å². The molecule has 1 amide bonds. The smallest absolute Gasteiger partial charge is 0.355 e. The van der Waals surface area contributed by atoms with Crippen molar-refractivity contribution >= 4 is 24.1 Å². The molecule has 90 valence electrons. The van der Waals surface area contributed by atoms with Crippen LogP contribution in [-0.4, -0.2) is 29.8 Å². The number of esters is 1. The van der Waals surface area contributed by atoms with E-state index >= 15 is 0 Å². The molecule has 1 aliphatic rings. The lowest BCUT2D eigenvalue weighted by Crippen LogP contribution is -2.39. The third-order valence-electron chi connectivity index (χ3n) is 2.37. The van der Waals surface area contributed by atoms with E-state index in [4.69, 9.17) is 0 Å². The number of allylic oxidation sites excluding steroid dienone is 1. The Hall–Kier alpha value is -0.970. The Morgan fingerprint density at radius 1 is 1.50 bits per heavy atom. The number of methoxy groups -OCH3 is 1. The van der Waals surface area contributed by atoms with E-state index < -0.39 is 5.97 Å². The van der Waals surface area contributed by atoms with Crippen molar-refractivity contribution in [1.29, 1.82) is 0 Å². The summed E-state index contributed by atoms with van der Waals surface area (Å²) in [5.41, 5.74) is 0.269. The monoisotopic (exact) mass is 243 g/mol. The summed E-state index contributed by atoms with van der Waals surface area (Å²) in [4.78, 5) is 25.0. The lowest BCUT2D eigenvalue weighted by molar-refractivity contribution is -0.140. The minimum Gasteiger partial charge on any atom is -0.464 e. The molecule has 4 nitrogen and oxygen atoms in total. The first kappa shape index (κ1) is 13.1. The number of rotatable bonds is 2. The second-order valence-electron chi connectivity index (χ2n) is 4.75. The third kappa shape index (κ3) is 2.24. The van der Waals surface area contributed by atoms with Crippen LogP contribution in [0.15, 0.2) is 10.6 Å². The summed E-state index contributed by atoms with van der Waals surface area (Å²) in [6.45, 7) is 7.94. The molecule has 1 rings (SSSR count). The van der Waals surface area contributed by atoms with Crippen LogP contribution < -0.4 is 0 Å². The van der Waals surface area contributed by atoms with E-state index in [9.17, 15) is 9.59 Å². The summed E-state index contributed by atoms with van der Waals surface area (Å²) in [5.74, 6) is -0.455. The van der Waals surface area contributed by atoms with Gasteiger partial charge in [0, 0.05) is 4.91 Å². The predicted molar refractivity (Wildman–Crippen MR) is 63.5 cm³/mol. The fourth-order valence-electron chi connectivity index (χ4n) is 1.63. The predicted octanol–water partition coefficient (Wildman–Crippen LogP) is 1.97. The Kier molecular flexibility index (Phi) is 3.68. The van der Waals surface area contributed by atoms with Crippen molar-refractivity contribution in [2.45, 2.75) is 33.1 Å². The fraction of sp³-hybridized carbons (Fsp3) is 0.636. The SMILES string of the molecule is COC(=O)C1=C(C)S[C@H](C(C)(C)C)N1C=O. The number of hydrogen-bond acceptors (Lipinski definition) is 4. The maximum atomic E-state index is 11.6. The van der Waals surface area contributed by atoms with Crippen LogP contribution in [0.4, 0.5) is 0 Å². The van der Waals surface area contributed by atoms with E-state index in [-0.39, 0.29) is 10.8 Å². The van der Waals surface area contributed by atoms with Crippen molar-refractivity contribution in [2.24, 2.45) is 5.41 Å². The van der Waals surface area contributed by atoms with Gasteiger partial charge in [-0.25, -0.2) is 4.79 Å². The Labute approximate surface area is 100 Å². The van der Waals surface area contributed by atoms with Gasteiger partial charge in [-0.2, -0.15) is 0 Å². The van der Waals surface area contributed by atoms with Crippen LogP contribution in [-0.2, 0) is 14.3 Å². The Morgan fingerprint density at radius 2 is 2.06 bits per heavy atom. The van der Waals surface area contributed by atoms with Crippen LogP contribution in [0.1, 0.15) is 27.7 Å². The van der Waals surface area contributed by atoms with Gasteiger partial charge in [-0.15, -0.1) is 11.8 Å². The molecular weight excluding hydrogens is 226 g/mol. The molecule has 16 heavy (non-hydrogen) atoms. The standard InChI is InChI=1S/C11H17NO3S/c1-7-8(9(14)15-5)12(6-13)10(16-7)11(2,3)4/h6,10H,1-5H3/t10-/m1/s1. The van der Waals surface area contributed by atoms with Gasteiger partial charge in [-0.3, -0.25) is 9.69 Å². The van der Waals surface area contributed by atoms with Gasteiger partial charge in [-0.05, 0) is 12.3 Å². The van der Waals surface area contributed by atoms with Gasteiger partial charge < -0.3 is 4.74 Å². The Balaban J connectivity index is 3.07. The molecule has 1 heterocycles. The zero-order valence-electron chi connectivity index (χ0n) is 10.2. The number of carbonyl (C=O) groups is 2. The van der Waals surface area contributed by atoms with Crippen LogP contribution in [0.3, 0.4) is 0 Å². The first-order valence-corrected chi connectivity index (χ1v) is 5.90. The van der Waals surface area contributed by atoms with Gasteiger partial charge in [0.25, 0.3) is 0 Å². The lowest BCUT2D eigenvalue weighted by atomic mass is 9.95. The summed E-state index contributed by atoms with van der Waals surface area (Å²) in [7, 11) is 1.32. The molecule has 0 fully saturated rings. The molecule has 1 aliphatic heterocycles. The molecule has 0 saturated heterocycles. The van der Waals surface area contributed by atoms with Crippen LogP contribution in [0.5, 0.6) is 0 Å². The molecule has 0 unspecified atom stereocenters. The van der Waals surface area contributed by atoms with Gasteiger partial charge in [0.05, 0.1) is 12.5 Å². The second kappa shape index (κ2) is 4.49. The summed E-state index contributed by atoms with van der Waals surface area (Å²) < 4.78 is 4.69. The van der Waals surface area contributed by atoms with E-state index in [1.54, 1.807) is 0 Å². The molecule has 0 aromatic heterocycles. The van der Waals surface area contributed by atoms with Crippen molar-refractivity contribution in [3.63, 3.8) is 0 Å². The lowest BCUT2D eigenvalue weighted by Gasteiger charge is -2.32. The van der Waals surface area contributed by atoms with E-state index in [2.05, 4.69) is 4.74 Å². The molecule has 0 N–H and O–H groups in total. The summed E-state index contributed by atoms with van der Waals surface area (Å²) in [5, 5.41) is -0.0564. The third-order valence-corrected chi connectivity index (χ3v) is 4.07. The minimum absolute atomic E-state index is 0.0564. The molecule has 5 heteroatoms. The average Bonchev–Trinajstić information content (AvgIpc) is 2.53. The number of thioether (sulfide) groups is 1. The van der Waals surface area contributed by atoms with Crippen LogP contribution >= 0.6 is 11.8 Å². The van der Waals surface area contributed by atoms with Crippen molar-refractivity contribution in [3.05, 3.63) is 10.6 Å². The van der Waals surface area contributed by atoms with E-state index in [1.807, 2.05) is 27.7 Å². The number of amides is 1. The van der Waals surface area contributed by atoms with Crippen molar-refractivity contribution < 1.29 is 14.3 Å². The average molecular weight is 243 g/mol. The van der Waals surface area contributed by atoms with E-state index in [0.29, 0.717) is 12.1 Å². The highest BCUT2D eigenvalue weighted by atomic mass is 32.2. The van der Waals surface area contributed by atoms with E-state index in [0.717, 1.165) is 4.91 Å². The number of nitrogens with zero attached hydrogens (tertiary/aromatic N) is 1. The zero-order chi connectivity index (χ0) is 12.5. The summed E-state index contributed by atoms with van der Waals surface area (Å²) in [6.07, 6.45) is 0.700. The highest BCUT2D eigenvalue weighted by Gasteiger charge is 2.41. The van der Waals surface area contributed by atoms with Crippen LogP contribution in [0.2, 0.25) is 0 Å². The molecule has 1 atom stereocenters. The number of ether oxygens (including phenoxy) is 1. The van der Waals surface area contributed by atoms with Crippen LogP contribution in [0, 0.1) is 5.41 Å². The Morgan fingerprint density at radius 3 is 2.44 bits per heavy atom. The summed E-state index contributed by atoms with van der Waals surface area (Å²) >= 11 is 1.53. The minimum atomic E-state index is -0.455. The highest BCUT2D eigenvalue weighted by Crippen LogP contribution is 2.45. The largest absolute Gasteiger partial charge is 0.464 e. The molecule has 0 saturated carbocycles. The fourth-order valence-corrected chi connectivity index (χ4v) is 2.88. The van der Waals surface area contributed by atoms with Gasteiger partial charge in [0.1, 0.15) is 5.70 Å². The molecule has 0 aromatic rings. The maximum Gasteiger partial charge on any atom is 0.355 e. The van der Waals surface area contributed by atoms with Gasteiger partial charge >= 0.3 is 5.97 Å². The molecule has 0 spiro atoms. The first-order chi connectivity index (χ1) is 7.32. The van der Waals surface area contributed by atoms with Gasteiger partial charge in [0.2, 0.25) is 6.41 Å². The second-order valence-corrected chi connectivity index (χ2v) is 6.04.